The first-order valence-electron chi connectivity index (χ1n) is 6.05. The van der Waals surface area contributed by atoms with E-state index >= 15 is 0 Å². The lowest BCUT2D eigenvalue weighted by Gasteiger charge is -2.10. The van der Waals surface area contributed by atoms with Crippen LogP contribution in [0, 0.1) is 19.3 Å². The number of thiazole rings is 1. The molecule has 0 fully saturated rings. The van der Waals surface area contributed by atoms with Crippen LogP contribution >= 0.6 is 11.3 Å². The molecule has 0 unspecified atom stereocenters. The number of ether oxygens (including phenoxy) is 1. The van der Waals surface area contributed by atoms with Gasteiger partial charge in [-0.25, -0.2) is 4.98 Å². The molecule has 0 bridgehead atoms. The maximum atomic E-state index is 5.51. The molecule has 4 heteroatoms. The van der Waals surface area contributed by atoms with Gasteiger partial charge in [0.15, 0.2) is 0 Å². The SMILES string of the molecule is C#CCOc1ccccc1CNCc1scnc1C. The second-order valence-electron chi connectivity index (χ2n) is 4.07. The van der Waals surface area contributed by atoms with Crippen LogP contribution in [0.1, 0.15) is 16.1 Å². The van der Waals surface area contributed by atoms with Gasteiger partial charge in [-0.15, -0.1) is 17.8 Å². The molecule has 0 saturated heterocycles. The third kappa shape index (κ3) is 3.82. The molecule has 0 aliphatic rings. The lowest BCUT2D eigenvalue weighted by atomic mass is 10.2. The van der Waals surface area contributed by atoms with Crippen molar-refractivity contribution in [1.29, 1.82) is 0 Å². The maximum Gasteiger partial charge on any atom is 0.148 e. The van der Waals surface area contributed by atoms with E-state index in [0.29, 0.717) is 6.61 Å². The fourth-order valence-corrected chi connectivity index (χ4v) is 2.46. The number of hydrogen-bond acceptors (Lipinski definition) is 4. The Morgan fingerprint density at radius 2 is 2.21 bits per heavy atom. The van der Waals surface area contributed by atoms with Crippen LogP contribution in [-0.4, -0.2) is 11.6 Å². The van der Waals surface area contributed by atoms with Crippen LogP contribution in [0.15, 0.2) is 29.8 Å². The summed E-state index contributed by atoms with van der Waals surface area (Å²) in [5.74, 6) is 3.32. The summed E-state index contributed by atoms with van der Waals surface area (Å²) < 4.78 is 5.51. The van der Waals surface area contributed by atoms with Crippen molar-refractivity contribution in [3.8, 4) is 18.1 Å². The summed E-state index contributed by atoms with van der Waals surface area (Å²) in [7, 11) is 0. The Hall–Kier alpha value is -1.83. The van der Waals surface area contributed by atoms with Gasteiger partial charge in [0.05, 0.1) is 11.2 Å². The van der Waals surface area contributed by atoms with Crippen molar-refractivity contribution in [3.05, 3.63) is 45.9 Å². The zero-order valence-electron chi connectivity index (χ0n) is 10.8. The van der Waals surface area contributed by atoms with Gasteiger partial charge in [0.2, 0.25) is 0 Å². The highest BCUT2D eigenvalue weighted by atomic mass is 32.1. The van der Waals surface area contributed by atoms with E-state index in [1.165, 1.54) is 4.88 Å². The van der Waals surface area contributed by atoms with Crippen LogP contribution in [0.5, 0.6) is 5.75 Å². The van der Waals surface area contributed by atoms with Crippen molar-refractivity contribution < 1.29 is 4.74 Å². The molecule has 1 N–H and O–H groups in total. The number of aryl methyl sites for hydroxylation is 1. The highest BCUT2D eigenvalue weighted by Crippen LogP contribution is 2.18. The third-order valence-corrected chi connectivity index (χ3v) is 3.66. The molecule has 0 radical (unpaired) electrons. The number of para-hydroxylation sites is 1. The van der Waals surface area contributed by atoms with Crippen molar-refractivity contribution in [2.45, 2.75) is 20.0 Å². The molecule has 98 valence electrons. The molecule has 2 aromatic rings. The van der Waals surface area contributed by atoms with E-state index in [1.54, 1.807) is 11.3 Å². The Kier molecular flexibility index (Phi) is 4.96. The van der Waals surface area contributed by atoms with Crippen LogP contribution in [0.2, 0.25) is 0 Å². The predicted molar refractivity (Wildman–Crippen MR) is 78.2 cm³/mol. The second kappa shape index (κ2) is 6.93. The minimum Gasteiger partial charge on any atom is -0.481 e. The highest BCUT2D eigenvalue weighted by Gasteiger charge is 2.04. The molecule has 0 amide bonds. The van der Waals surface area contributed by atoms with E-state index in [1.807, 2.05) is 36.7 Å². The quantitative estimate of drug-likeness (QED) is 0.821. The fraction of sp³-hybridized carbons (Fsp3) is 0.267. The van der Waals surface area contributed by atoms with E-state index in [9.17, 15) is 0 Å². The molecular formula is C15H16N2OS. The van der Waals surface area contributed by atoms with Crippen LogP contribution in [-0.2, 0) is 13.1 Å². The second-order valence-corrected chi connectivity index (χ2v) is 5.00. The van der Waals surface area contributed by atoms with Crippen molar-refractivity contribution in [2.75, 3.05) is 6.61 Å². The molecule has 0 saturated carbocycles. The van der Waals surface area contributed by atoms with E-state index < -0.39 is 0 Å². The van der Waals surface area contributed by atoms with Crippen molar-refractivity contribution >= 4 is 11.3 Å². The molecule has 0 spiro atoms. The van der Waals surface area contributed by atoms with Crippen molar-refractivity contribution in [1.82, 2.24) is 10.3 Å². The van der Waals surface area contributed by atoms with E-state index in [-0.39, 0.29) is 0 Å². The van der Waals surface area contributed by atoms with Gasteiger partial charge in [0, 0.05) is 23.5 Å². The number of nitrogens with zero attached hydrogens (tertiary/aromatic N) is 1. The monoisotopic (exact) mass is 272 g/mol. The summed E-state index contributed by atoms with van der Waals surface area (Å²) in [6.45, 7) is 3.89. The van der Waals surface area contributed by atoms with Gasteiger partial charge < -0.3 is 10.1 Å². The Morgan fingerprint density at radius 3 is 2.95 bits per heavy atom. The lowest BCUT2D eigenvalue weighted by molar-refractivity contribution is 0.365. The van der Waals surface area contributed by atoms with Gasteiger partial charge in [-0.05, 0) is 13.0 Å². The molecular weight excluding hydrogens is 256 g/mol. The molecule has 0 aliphatic heterocycles. The zero-order valence-corrected chi connectivity index (χ0v) is 11.7. The first kappa shape index (κ1) is 13.6. The van der Waals surface area contributed by atoms with E-state index in [4.69, 9.17) is 11.2 Å². The van der Waals surface area contributed by atoms with E-state index in [2.05, 4.69) is 16.2 Å². The molecule has 1 aromatic heterocycles. The Labute approximate surface area is 117 Å². The van der Waals surface area contributed by atoms with Crippen LogP contribution in [0.3, 0.4) is 0 Å². The summed E-state index contributed by atoms with van der Waals surface area (Å²) in [5.41, 5.74) is 4.07. The molecule has 3 nitrogen and oxygen atoms in total. The van der Waals surface area contributed by atoms with Gasteiger partial charge in [-0.1, -0.05) is 24.1 Å². The maximum absolute atomic E-state index is 5.51. The first-order chi connectivity index (χ1) is 9.31. The summed E-state index contributed by atoms with van der Waals surface area (Å²) in [6, 6.07) is 7.92. The average molecular weight is 272 g/mol. The smallest absolute Gasteiger partial charge is 0.148 e. The van der Waals surface area contributed by atoms with Gasteiger partial charge in [-0.2, -0.15) is 0 Å². The zero-order chi connectivity index (χ0) is 13.5. The fourth-order valence-electron chi connectivity index (χ4n) is 1.72. The molecule has 19 heavy (non-hydrogen) atoms. The van der Waals surface area contributed by atoms with Crippen molar-refractivity contribution in [3.63, 3.8) is 0 Å². The Bertz CT molecular complexity index is 572. The van der Waals surface area contributed by atoms with Crippen LogP contribution in [0.4, 0.5) is 0 Å². The van der Waals surface area contributed by atoms with Gasteiger partial charge in [-0.3, -0.25) is 0 Å². The number of hydrogen-bond donors (Lipinski definition) is 1. The summed E-state index contributed by atoms with van der Waals surface area (Å²) in [5, 5.41) is 3.40. The van der Waals surface area contributed by atoms with Crippen LogP contribution < -0.4 is 10.1 Å². The lowest BCUT2D eigenvalue weighted by Crippen LogP contribution is -2.13. The third-order valence-electron chi connectivity index (χ3n) is 2.73. The average Bonchev–Trinajstić information content (AvgIpc) is 2.83. The van der Waals surface area contributed by atoms with Crippen LogP contribution in [0.25, 0.3) is 0 Å². The number of benzene rings is 1. The topological polar surface area (TPSA) is 34.1 Å². The number of terminal acetylenes is 1. The molecule has 1 heterocycles. The standard InChI is InChI=1S/C15H16N2OS/c1-3-8-18-14-7-5-4-6-13(14)9-16-10-15-12(2)17-11-19-15/h1,4-7,11,16H,8-10H2,2H3. The normalized spacial score (nSPS) is 10.1. The number of nitrogens with one attached hydrogen (secondary N) is 1. The Morgan fingerprint density at radius 1 is 1.37 bits per heavy atom. The van der Waals surface area contributed by atoms with Gasteiger partial charge in [0.1, 0.15) is 12.4 Å². The molecule has 0 atom stereocenters. The minimum absolute atomic E-state index is 0.297. The summed E-state index contributed by atoms with van der Waals surface area (Å²) >= 11 is 1.67. The Balaban J connectivity index is 1.92. The molecule has 2 rings (SSSR count). The van der Waals surface area contributed by atoms with Gasteiger partial charge in [0.25, 0.3) is 0 Å². The number of aromatic nitrogens is 1. The van der Waals surface area contributed by atoms with Gasteiger partial charge >= 0.3 is 0 Å². The molecule has 0 aliphatic carbocycles. The first-order valence-corrected chi connectivity index (χ1v) is 6.93. The summed E-state index contributed by atoms with van der Waals surface area (Å²) in [6.07, 6.45) is 5.21. The summed E-state index contributed by atoms with van der Waals surface area (Å²) in [4.78, 5) is 5.50. The molecule has 1 aromatic carbocycles. The predicted octanol–water partition coefficient (Wildman–Crippen LogP) is 2.75. The highest BCUT2D eigenvalue weighted by molar-refractivity contribution is 7.09. The van der Waals surface area contributed by atoms with E-state index in [0.717, 1.165) is 30.1 Å². The number of rotatable bonds is 6. The minimum atomic E-state index is 0.297. The van der Waals surface area contributed by atoms with Crippen molar-refractivity contribution in [2.24, 2.45) is 0 Å². The largest absolute Gasteiger partial charge is 0.481 e.